The van der Waals surface area contributed by atoms with Gasteiger partial charge in [0.15, 0.2) is 0 Å². The van der Waals surface area contributed by atoms with Crippen molar-refractivity contribution < 1.29 is 9.53 Å². The predicted molar refractivity (Wildman–Crippen MR) is 53.8 cm³/mol. The van der Waals surface area contributed by atoms with Gasteiger partial charge in [-0.1, -0.05) is 0 Å². The topological polar surface area (TPSA) is 43.6 Å². The van der Waals surface area contributed by atoms with Crippen molar-refractivity contribution in [1.29, 1.82) is 0 Å². The number of aryl methyl sites for hydroxylation is 1. The van der Waals surface area contributed by atoms with Crippen LogP contribution in [0.3, 0.4) is 0 Å². The smallest absolute Gasteiger partial charge is 0.350 e. The molecule has 74 valence electrons. The van der Waals surface area contributed by atoms with E-state index >= 15 is 0 Å². The maximum Gasteiger partial charge on any atom is 0.350 e. The van der Waals surface area contributed by atoms with Crippen molar-refractivity contribution in [3.63, 3.8) is 0 Å². The predicted octanol–water partition coefficient (Wildman–Crippen LogP) is 1.88. The molecule has 0 radical (unpaired) electrons. The molecular formula is C9H10N2O2S. The van der Waals surface area contributed by atoms with Gasteiger partial charge in [-0.2, -0.15) is 0 Å². The SMILES string of the molecule is CCOC(=O)c1sc2cncn2c1C. The van der Waals surface area contributed by atoms with Crippen LogP contribution in [0.5, 0.6) is 0 Å². The third-order valence-electron chi connectivity index (χ3n) is 1.96. The van der Waals surface area contributed by atoms with Crippen LogP contribution >= 0.6 is 11.3 Å². The number of hydrogen-bond donors (Lipinski definition) is 0. The van der Waals surface area contributed by atoms with E-state index in [9.17, 15) is 4.79 Å². The van der Waals surface area contributed by atoms with Crippen molar-refractivity contribution in [3.05, 3.63) is 23.1 Å². The van der Waals surface area contributed by atoms with Crippen molar-refractivity contribution in [2.24, 2.45) is 0 Å². The maximum atomic E-state index is 11.5. The van der Waals surface area contributed by atoms with E-state index in [-0.39, 0.29) is 5.97 Å². The van der Waals surface area contributed by atoms with E-state index in [0.29, 0.717) is 11.5 Å². The van der Waals surface area contributed by atoms with Crippen LogP contribution in [0.1, 0.15) is 22.3 Å². The monoisotopic (exact) mass is 210 g/mol. The van der Waals surface area contributed by atoms with Crippen LogP contribution in [0.2, 0.25) is 0 Å². The van der Waals surface area contributed by atoms with Crippen molar-refractivity contribution >= 4 is 22.1 Å². The highest BCUT2D eigenvalue weighted by Crippen LogP contribution is 2.23. The van der Waals surface area contributed by atoms with Crippen molar-refractivity contribution in [2.45, 2.75) is 13.8 Å². The molecule has 0 aromatic carbocycles. The molecule has 0 aliphatic rings. The third-order valence-corrected chi connectivity index (χ3v) is 3.14. The summed E-state index contributed by atoms with van der Waals surface area (Å²) in [7, 11) is 0. The molecule has 4 nitrogen and oxygen atoms in total. The number of esters is 1. The molecule has 0 unspecified atom stereocenters. The zero-order chi connectivity index (χ0) is 10.1. The van der Waals surface area contributed by atoms with Gasteiger partial charge in [-0.15, -0.1) is 11.3 Å². The number of fused-ring (bicyclic) bond motifs is 1. The largest absolute Gasteiger partial charge is 0.462 e. The van der Waals surface area contributed by atoms with Crippen LogP contribution in [-0.4, -0.2) is 22.0 Å². The van der Waals surface area contributed by atoms with Gasteiger partial charge in [-0.05, 0) is 13.8 Å². The van der Waals surface area contributed by atoms with E-state index in [0.717, 1.165) is 10.5 Å². The minimum atomic E-state index is -0.251. The number of thiazole rings is 1. The molecule has 0 amide bonds. The lowest BCUT2D eigenvalue weighted by Gasteiger charge is -1.98. The van der Waals surface area contributed by atoms with E-state index in [1.54, 1.807) is 19.4 Å². The molecule has 2 aromatic rings. The molecule has 5 heteroatoms. The molecule has 0 atom stereocenters. The van der Waals surface area contributed by atoms with E-state index in [1.807, 2.05) is 11.3 Å². The Kier molecular flexibility index (Phi) is 2.25. The summed E-state index contributed by atoms with van der Waals surface area (Å²) in [5.74, 6) is -0.251. The van der Waals surface area contributed by atoms with Crippen LogP contribution in [0.4, 0.5) is 0 Å². The minimum absolute atomic E-state index is 0.251. The molecule has 2 rings (SSSR count). The molecule has 2 aromatic heterocycles. The van der Waals surface area contributed by atoms with Gasteiger partial charge in [-0.3, -0.25) is 4.40 Å². The van der Waals surface area contributed by atoms with Crippen LogP contribution in [0.25, 0.3) is 4.83 Å². The Morgan fingerprint density at radius 2 is 2.50 bits per heavy atom. The summed E-state index contributed by atoms with van der Waals surface area (Å²) in [5.41, 5.74) is 0.890. The summed E-state index contributed by atoms with van der Waals surface area (Å²) >= 11 is 1.40. The number of aromatic nitrogens is 2. The lowest BCUT2D eigenvalue weighted by atomic mass is 10.4. The van der Waals surface area contributed by atoms with Crippen molar-refractivity contribution in [1.82, 2.24) is 9.38 Å². The number of carbonyl (C=O) groups is 1. The fraction of sp³-hybridized carbons (Fsp3) is 0.333. The summed E-state index contributed by atoms with van der Waals surface area (Å²) < 4.78 is 6.83. The standard InChI is InChI=1S/C9H10N2O2S/c1-3-13-9(12)8-6(2)11-5-10-4-7(11)14-8/h4-5H,3H2,1-2H3. The first kappa shape index (κ1) is 9.21. The molecule has 0 fully saturated rings. The number of rotatable bonds is 2. The van der Waals surface area contributed by atoms with E-state index < -0.39 is 0 Å². The van der Waals surface area contributed by atoms with Gasteiger partial charge in [0.05, 0.1) is 12.8 Å². The van der Waals surface area contributed by atoms with E-state index in [2.05, 4.69) is 4.98 Å². The first-order valence-electron chi connectivity index (χ1n) is 4.32. The summed E-state index contributed by atoms with van der Waals surface area (Å²) in [4.78, 5) is 17.1. The van der Waals surface area contributed by atoms with Gasteiger partial charge < -0.3 is 4.74 Å². The molecular weight excluding hydrogens is 200 g/mol. The highest BCUT2D eigenvalue weighted by atomic mass is 32.1. The normalized spacial score (nSPS) is 10.7. The van der Waals surface area contributed by atoms with Gasteiger partial charge in [0.2, 0.25) is 0 Å². The van der Waals surface area contributed by atoms with Crippen LogP contribution in [-0.2, 0) is 4.74 Å². The Morgan fingerprint density at radius 1 is 1.71 bits per heavy atom. The Labute approximate surface area is 85.1 Å². The molecule has 0 bridgehead atoms. The second-order valence-electron chi connectivity index (χ2n) is 2.84. The van der Waals surface area contributed by atoms with Crippen LogP contribution in [0.15, 0.2) is 12.5 Å². The minimum Gasteiger partial charge on any atom is -0.462 e. The number of carbonyl (C=O) groups excluding carboxylic acids is 1. The van der Waals surface area contributed by atoms with Gasteiger partial charge >= 0.3 is 5.97 Å². The number of nitrogens with zero attached hydrogens (tertiary/aromatic N) is 2. The Bertz CT molecular complexity index is 472. The Balaban J connectivity index is 2.47. The average Bonchev–Trinajstić information content (AvgIpc) is 2.69. The molecule has 0 aliphatic carbocycles. The fourth-order valence-electron chi connectivity index (χ4n) is 1.28. The molecule has 0 spiro atoms. The average molecular weight is 210 g/mol. The zero-order valence-electron chi connectivity index (χ0n) is 7.98. The summed E-state index contributed by atoms with van der Waals surface area (Å²) in [6.45, 7) is 4.09. The lowest BCUT2D eigenvalue weighted by molar-refractivity contribution is 0.0531. The van der Waals surface area contributed by atoms with Gasteiger partial charge in [-0.25, -0.2) is 9.78 Å². The number of ether oxygens (including phenoxy) is 1. The zero-order valence-corrected chi connectivity index (χ0v) is 8.80. The summed E-state index contributed by atoms with van der Waals surface area (Å²) in [6, 6.07) is 0. The first-order valence-corrected chi connectivity index (χ1v) is 5.14. The maximum absolute atomic E-state index is 11.5. The van der Waals surface area contributed by atoms with Crippen molar-refractivity contribution in [3.8, 4) is 0 Å². The van der Waals surface area contributed by atoms with Gasteiger partial charge in [0.25, 0.3) is 0 Å². The molecule has 0 saturated carbocycles. The summed E-state index contributed by atoms with van der Waals surface area (Å²) in [6.07, 6.45) is 3.43. The van der Waals surface area contributed by atoms with Crippen molar-refractivity contribution in [2.75, 3.05) is 6.61 Å². The van der Waals surface area contributed by atoms with E-state index in [4.69, 9.17) is 4.74 Å². The third kappa shape index (κ3) is 1.29. The molecule has 14 heavy (non-hydrogen) atoms. The summed E-state index contributed by atoms with van der Waals surface area (Å²) in [5, 5.41) is 0. The lowest BCUT2D eigenvalue weighted by Crippen LogP contribution is -2.04. The number of imidazole rings is 1. The first-order chi connectivity index (χ1) is 6.74. The Morgan fingerprint density at radius 3 is 3.14 bits per heavy atom. The second-order valence-corrected chi connectivity index (χ2v) is 3.87. The second kappa shape index (κ2) is 3.42. The van der Waals surface area contributed by atoms with Crippen LogP contribution < -0.4 is 0 Å². The highest BCUT2D eigenvalue weighted by Gasteiger charge is 2.16. The quantitative estimate of drug-likeness (QED) is 0.711. The Hall–Kier alpha value is -1.36. The highest BCUT2D eigenvalue weighted by molar-refractivity contribution is 7.19. The van der Waals surface area contributed by atoms with E-state index in [1.165, 1.54) is 11.3 Å². The molecule has 0 saturated heterocycles. The van der Waals surface area contributed by atoms with Crippen LogP contribution in [0, 0.1) is 6.92 Å². The molecule has 0 aliphatic heterocycles. The van der Waals surface area contributed by atoms with Gasteiger partial charge in [0.1, 0.15) is 16.0 Å². The van der Waals surface area contributed by atoms with Gasteiger partial charge in [0, 0.05) is 5.69 Å². The molecule has 2 heterocycles. The number of hydrogen-bond acceptors (Lipinski definition) is 4. The molecule has 0 N–H and O–H groups in total. The fourth-order valence-corrected chi connectivity index (χ4v) is 2.28.